The Labute approximate surface area is 255 Å². The van der Waals surface area contributed by atoms with E-state index in [2.05, 4.69) is 61.1 Å². The average Bonchev–Trinajstić information content (AvgIpc) is 2.94. The van der Waals surface area contributed by atoms with Crippen LogP contribution in [-0.4, -0.2) is 98.1 Å². The maximum atomic E-state index is 2.83. The van der Waals surface area contributed by atoms with Crippen LogP contribution in [0.4, 0.5) is 0 Å². The van der Waals surface area contributed by atoms with Crippen molar-refractivity contribution in [2.75, 3.05) is 78.5 Å². The molecule has 0 radical (unpaired) electrons. The lowest BCUT2D eigenvalue weighted by molar-refractivity contribution is 0.242. The van der Waals surface area contributed by atoms with Crippen molar-refractivity contribution in [1.82, 2.24) is 19.6 Å². The van der Waals surface area contributed by atoms with Crippen molar-refractivity contribution >= 4 is 0 Å². The highest BCUT2D eigenvalue weighted by Crippen LogP contribution is 2.10. The molecule has 0 aromatic heterocycles. The summed E-state index contributed by atoms with van der Waals surface area (Å²) in [6.45, 7) is 29.5. The van der Waals surface area contributed by atoms with Crippen molar-refractivity contribution in [2.45, 2.75) is 157 Å². The lowest BCUT2D eigenvalue weighted by Crippen LogP contribution is -2.28. The SMILES string of the molecule is CCCN(CCC)CCCCCCN(CCCCCCN(CCC)CCC)CCCCCCN(CCC)CCC. The van der Waals surface area contributed by atoms with Gasteiger partial charge in [-0.1, -0.05) is 80.1 Å². The van der Waals surface area contributed by atoms with E-state index in [0.717, 1.165) is 0 Å². The fourth-order valence-corrected chi connectivity index (χ4v) is 6.31. The highest BCUT2D eigenvalue weighted by Gasteiger charge is 2.08. The third kappa shape index (κ3) is 25.5. The summed E-state index contributed by atoms with van der Waals surface area (Å²) in [6, 6.07) is 0. The van der Waals surface area contributed by atoms with Gasteiger partial charge in [0.25, 0.3) is 0 Å². The van der Waals surface area contributed by atoms with Crippen LogP contribution in [0.15, 0.2) is 0 Å². The predicted molar refractivity (Wildman–Crippen MR) is 183 cm³/mol. The van der Waals surface area contributed by atoms with Crippen LogP contribution in [0.3, 0.4) is 0 Å². The summed E-state index contributed by atoms with van der Waals surface area (Å²) >= 11 is 0. The Balaban J connectivity index is 4.31. The van der Waals surface area contributed by atoms with Gasteiger partial charge in [-0.3, -0.25) is 0 Å². The first-order chi connectivity index (χ1) is 19.6. The molecule has 0 bridgehead atoms. The molecule has 0 rings (SSSR count). The molecular weight excluding hydrogens is 488 g/mol. The van der Waals surface area contributed by atoms with Crippen LogP contribution in [0.25, 0.3) is 0 Å². The maximum absolute atomic E-state index is 2.83. The molecule has 0 aromatic rings. The van der Waals surface area contributed by atoms with Gasteiger partial charge in [0.1, 0.15) is 0 Å². The molecule has 0 fully saturated rings. The Morgan fingerprint density at radius 3 is 0.500 bits per heavy atom. The first-order valence-corrected chi connectivity index (χ1v) is 18.5. The first kappa shape index (κ1) is 39.8. The van der Waals surface area contributed by atoms with Gasteiger partial charge in [-0.2, -0.15) is 0 Å². The van der Waals surface area contributed by atoms with Gasteiger partial charge in [-0.05, 0) is 156 Å². The van der Waals surface area contributed by atoms with Gasteiger partial charge in [0, 0.05) is 0 Å². The van der Waals surface area contributed by atoms with Crippen molar-refractivity contribution in [1.29, 1.82) is 0 Å². The van der Waals surface area contributed by atoms with Crippen LogP contribution in [0, 0.1) is 0 Å². The quantitative estimate of drug-likeness (QED) is 0.0734. The molecule has 0 unspecified atom stereocenters. The first-order valence-electron chi connectivity index (χ1n) is 18.5. The Morgan fingerprint density at radius 1 is 0.200 bits per heavy atom. The molecule has 0 saturated heterocycles. The zero-order chi connectivity index (χ0) is 29.5. The van der Waals surface area contributed by atoms with E-state index in [-0.39, 0.29) is 0 Å². The lowest BCUT2D eigenvalue weighted by atomic mass is 10.1. The van der Waals surface area contributed by atoms with Gasteiger partial charge in [0.2, 0.25) is 0 Å². The third-order valence-electron chi connectivity index (χ3n) is 8.34. The fraction of sp³-hybridized carbons (Fsp3) is 1.00. The highest BCUT2D eigenvalue weighted by atomic mass is 15.1. The van der Waals surface area contributed by atoms with E-state index in [9.17, 15) is 0 Å². The second kappa shape index (κ2) is 31.8. The summed E-state index contributed by atoms with van der Waals surface area (Å²) in [7, 11) is 0. The lowest BCUT2D eigenvalue weighted by Gasteiger charge is -2.24. The molecule has 0 aromatic carbocycles. The maximum Gasteiger partial charge on any atom is -0.00187 e. The van der Waals surface area contributed by atoms with Gasteiger partial charge < -0.3 is 19.6 Å². The predicted octanol–water partition coefficient (Wildman–Crippen LogP) is 9.34. The zero-order valence-corrected chi connectivity index (χ0v) is 29.0. The summed E-state index contributed by atoms with van der Waals surface area (Å²) in [5.74, 6) is 0. The monoisotopic (exact) mass is 567 g/mol. The summed E-state index contributed by atoms with van der Waals surface area (Å²) in [5, 5.41) is 0. The van der Waals surface area contributed by atoms with Crippen molar-refractivity contribution in [2.24, 2.45) is 0 Å². The second-order valence-electron chi connectivity index (χ2n) is 12.6. The minimum Gasteiger partial charge on any atom is -0.303 e. The van der Waals surface area contributed by atoms with Crippen LogP contribution in [-0.2, 0) is 0 Å². The number of hydrogen-bond donors (Lipinski definition) is 0. The van der Waals surface area contributed by atoms with E-state index in [1.165, 1.54) is 194 Å². The van der Waals surface area contributed by atoms with Crippen molar-refractivity contribution in [3.63, 3.8) is 0 Å². The molecule has 40 heavy (non-hydrogen) atoms. The van der Waals surface area contributed by atoms with Crippen molar-refractivity contribution < 1.29 is 0 Å². The van der Waals surface area contributed by atoms with Crippen LogP contribution < -0.4 is 0 Å². The van der Waals surface area contributed by atoms with E-state index >= 15 is 0 Å². The van der Waals surface area contributed by atoms with E-state index in [4.69, 9.17) is 0 Å². The van der Waals surface area contributed by atoms with Crippen LogP contribution in [0.5, 0.6) is 0 Å². The molecule has 0 spiro atoms. The van der Waals surface area contributed by atoms with Crippen LogP contribution in [0.2, 0.25) is 0 Å². The van der Waals surface area contributed by atoms with Crippen LogP contribution in [0.1, 0.15) is 157 Å². The molecule has 0 aliphatic rings. The normalized spacial score (nSPS) is 12.2. The number of unbranched alkanes of at least 4 members (excludes halogenated alkanes) is 9. The second-order valence-corrected chi connectivity index (χ2v) is 12.6. The summed E-state index contributed by atoms with van der Waals surface area (Å²) in [4.78, 5) is 10.9. The molecule has 242 valence electrons. The Morgan fingerprint density at radius 2 is 0.350 bits per heavy atom. The van der Waals surface area contributed by atoms with Crippen LogP contribution >= 0.6 is 0 Å². The molecule has 0 N–H and O–H groups in total. The number of rotatable bonds is 33. The molecule has 0 aliphatic heterocycles. The van der Waals surface area contributed by atoms with Crippen molar-refractivity contribution in [3.8, 4) is 0 Å². The van der Waals surface area contributed by atoms with Gasteiger partial charge >= 0.3 is 0 Å². The third-order valence-corrected chi connectivity index (χ3v) is 8.34. The van der Waals surface area contributed by atoms with E-state index in [1.807, 2.05) is 0 Å². The zero-order valence-electron chi connectivity index (χ0n) is 29.0. The van der Waals surface area contributed by atoms with Crippen molar-refractivity contribution in [3.05, 3.63) is 0 Å². The molecule has 0 amide bonds. The fourth-order valence-electron chi connectivity index (χ4n) is 6.31. The van der Waals surface area contributed by atoms with E-state index in [1.54, 1.807) is 0 Å². The summed E-state index contributed by atoms with van der Waals surface area (Å²) < 4.78 is 0. The van der Waals surface area contributed by atoms with E-state index in [0.29, 0.717) is 0 Å². The molecule has 0 saturated carbocycles. The van der Waals surface area contributed by atoms with Gasteiger partial charge in [0.05, 0.1) is 0 Å². The van der Waals surface area contributed by atoms with Gasteiger partial charge in [0.15, 0.2) is 0 Å². The Kier molecular flexibility index (Phi) is 31.6. The van der Waals surface area contributed by atoms with Gasteiger partial charge in [-0.15, -0.1) is 0 Å². The smallest absolute Gasteiger partial charge is 0.00187 e. The Bertz CT molecular complexity index is 387. The molecule has 0 heterocycles. The largest absolute Gasteiger partial charge is 0.303 e. The number of hydrogen-bond acceptors (Lipinski definition) is 4. The standard InChI is InChI=1S/C36H78N4/c1-7-25-37(26-8-2)31-19-13-16-22-34-40(35-23-17-14-20-32-38(27-9-3)28-10-4)36-24-18-15-21-33-39(29-11-5)30-12-6/h7-36H2,1-6H3. The number of nitrogens with zero attached hydrogens (tertiary/aromatic N) is 4. The molecule has 4 heteroatoms. The molecule has 4 nitrogen and oxygen atoms in total. The topological polar surface area (TPSA) is 13.0 Å². The minimum atomic E-state index is 1.28. The van der Waals surface area contributed by atoms with Gasteiger partial charge in [-0.25, -0.2) is 0 Å². The van der Waals surface area contributed by atoms with E-state index < -0.39 is 0 Å². The molecule has 0 aliphatic carbocycles. The highest BCUT2D eigenvalue weighted by molar-refractivity contribution is 4.63. The summed E-state index contributed by atoms with van der Waals surface area (Å²) in [5.41, 5.74) is 0. The average molecular weight is 567 g/mol. The minimum absolute atomic E-state index is 1.28. The molecular formula is C36H78N4. The molecule has 0 atom stereocenters. The Hall–Kier alpha value is -0.160. The summed E-state index contributed by atoms with van der Waals surface area (Å²) in [6.07, 6.45) is 24.6.